The molecule has 2 amide bonds. The van der Waals surface area contributed by atoms with E-state index in [0.29, 0.717) is 0 Å². The van der Waals surface area contributed by atoms with Crippen LogP contribution >= 0.6 is 11.3 Å². The molecule has 1 aliphatic heterocycles. The van der Waals surface area contributed by atoms with Crippen LogP contribution in [0.15, 0.2) is 24.3 Å². The van der Waals surface area contributed by atoms with Crippen LogP contribution in [-0.4, -0.2) is 35.3 Å². The standard InChI is InChI=1S/C20H26N2O2S/c1-13(2)21-20(24)19-17(16-9-4-5-10-18(16)25-19)12-15-8-6-7-11-22(15)14(3)23/h4-5,9-10,13,15H,6-8,11-12H2,1-3H3,(H,21,24)/t15-/m1/s1. The number of rotatable bonds is 4. The Morgan fingerprint density at radius 2 is 2.04 bits per heavy atom. The predicted octanol–water partition coefficient (Wildman–Crippen LogP) is 3.98. The number of benzene rings is 1. The van der Waals surface area contributed by atoms with Crippen LogP contribution < -0.4 is 5.32 Å². The number of hydrogen-bond acceptors (Lipinski definition) is 3. The summed E-state index contributed by atoms with van der Waals surface area (Å²) in [7, 11) is 0. The molecule has 3 rings (SSSR count). The number of fused-ring (bicyclic) bond motifs is 1. The molecule has 1 aliphatic rings. The number of carbonyl (C=O) groups is 2. The molecule has 2 aromatic rings. The average Bonchev–Trinajstić information content (AvgIpc) is 2.93. The molecule has 1 atom stereocenters. The van der Waals surface area contributed by atoms with Gasteiger partial charge in [0.25, 0.3) is 5.91 Å². The van der Waals surface area contributed by atoms with Gasteiger partial charge in [-0.2, -0.15) is 0 Å². The number of amides is 2. The highest BCUT2D eigenvalue weighted by molar-refractivity contribution is 7.21. The monoisotopic (exact) mass is 358 g/mol. The Labute approximate surface area is 153 Å². The normalized spacial score (nSPS) is 17.9. The lowest BCUT2D eigenvalue weighted by atomic mass is 9.94. The van der Waals surface area contributed by atoms with Crippen molar-refractivity contribution in [2.75, 3.05) is 6.54 Å². The molecular weight excluding hydrogens is 332 g/mol. The number of thiophene rings is 1. The predicted molar refractivity (Wildman–Crippen MR) is 103 cm³/mol. The van der Waals surface area contributed by atoms with Gasteiger partial charge in [-0.3, -0.25) is 9.59 Å². The van der Waals surface area contributed by atoms with Crippen molar-refractivity contribution in [1.82, 2.24) is 10.2 Å². The summed E-state index contributed by atoms with van der Waals surface area (Å²) in [5.41, 5.74) is 1.09. The Bertz CT molecular complexity index is 781. The van der Waals surface area contributed by atoms with Gasteiger partial charge in [-0.05, 0) is 56.5 Å². The maximum Gasteiger partial charge on any atom is 0.261 e. The Morgan fingerprint density at radius 1 is 1.28 bits per heavy atom. The molecule has 1 N–H and O–H groups in total. The lowest BCUT2D eigenvalue weighted by molar-refractivity contribution is -0.132. The topological polar surface area (TPSA) is 49.4 Å². The summed E-state index contributed by atoms with van der Waals surface area (Å²) in [4.78, 5) is 27.5. The first-order chi connectivity index (χ1) is 12.0. The third kappa shape index (κ3) is 3.87. The Balaban J connectivity index is 1.98. The van der Waals surface area contributed by atoms with Gasteiger partial charge >= 0.3 is 0 Å². The summed E-state index contributed by atoms with van der Waals surface area (Å²) in [5.74, 6) is 0.133. The molecule has 0 saturated carbocycles. The van der Waals surface area contributed by atoms with Crippen LogP contribution in [0.1, 0.15) is 55.3 Å². The van der Waals surface area contributed by atoms with E-state index >= 15 is 0 Å². The minimum Gasteiger partial charge on any atom is -0.349 e. The minimum absolute atomic E-state index is 0.00335. The van der Waals surface area contributed by atoms with Crippen molar-refractivity contribution >= 4 is 33.2 Å². The van der Waals surface area contributed by atoms with Gasteiger partial charge in [0.15, 0.2) is 0 Å². The maximum atomic E-state index is 12.7. The number of likely N-dealkylation sites (tertiary alicyclic amines) is 1. The highest BCUT2D eigenvalue weighted by atomic mass is 32.1. The summed E-state index contributed by atoms with van der Waals surface area (Å²) in [6.07, 6.45) is 3.98. The summed E-state index contributed by atoms with van der Waals surface area (Å²) >= 11 is 1.56. The lowest BCUT2D eigenvalue weighted by Crippen LogP contribution is -2.44. The van der Waals surface area contributed by atoms with Gasteiger partial charge in [-0.1, -0.05) is 18.2 Å². The number of carbonyl (C=O) groups excluding carboxylic acids is 2. The van der Waals surface area contributed by atoms with Crippen molar-refractivity contribution in [1.29, 1.82) is 0 Å². The van der Waals surface area contributed by atoms with Gasteiger partial charge in [0, 0.05) is 30.3 Å². The fourth-order valence-electron chi connectivity index (χ4n) is 3.68. The Hall–Kier alpha value is -1.88. The highest BCUT2D eigenvalue weighted by Gasteiger charge is 2.28. The van der Waals surface area contributed by atoms with Crippen LogP contribution in [0.4, 0.5) is 0 Å². The molecule has 1 aromatic carbocycles. The van der Waals surface area contributed by atoms with Crippen molar-refractivity contribution in [2.45, 2.75) is 58.5 Å². The molecule has 0 unspecified atom stereocenters. The van der Waals surface area contributed by atoms with Crippen LogP contribution in [0.3, 0.4) is 0 Å². The van der Waals surface area contributed by atoms with E-state index in [0.717, 1.165) is 52.8 Å². The van der Waals surface area contributed by atoms with Crippen LogP contribution in [0.25, 0.3) is 10.1 Å². The largest absolute Gasteiger partial charge is 0.349 e. The van der Waals surface area contributed by atoms with Gasteiger partial charge < -0.3 is 10.2 Å². The van der Waals surface area contributed by atoms with Gasteiger partial charge in [-0.15, -0.1) is 11.3 Å². The van der Waals surface area contributed by atoms with Crippen molar-refractivity contribution in [3.05, 3.63) is 34.7 Å². The molecule has 0 bridgehead atoms. The van der Waals surface area contributed by atoms with E-state index in [2.05, 4.69) is 17.4 Å². The Morgan fingerprint density at radius 3 is 2.76 bits per heavy atom. The quantitative estimate of drug-likeness (QED) is 0.899. The highest BCUT2D eigenvalue weighted by Crippen LogP contribution is 2.34. The average molecular weight is 359 g/mol. The first kappa shape index (κ1) is 17.9. The van der Waals surface area contributed by atoms with E-state index in [1.54, 1.807) is 18.3 Å². The zero-order valence-electron chi connectivity index (χ0n) is 15.2. The zero-order valence-corrected chi connectivity index (χ0v) is 16.0. The van der Waals surface area contributed by atoms with Gasteiger partial charge in [0.1, 0.15) is 0 Å². The van der Waals surface area contributed by atoms with Crippen LogP contribution in [-0.2, 0) is 11.2 Å². The SMILES string of the molecule is CC(=O)N1CCCC[C@@H]1Cc1c(C(=O)NC(C)C)sc2ccccc12. The van der Waals surface area contributed by atoms with Gasteiger partial charge in [0.2, 0.25) is 5.91 Å². The molecule has 0 aliphatic carbocycles. The number of nitrogens with zero attached hydrogens (tertiary/aromatic N) is 1. The second kappa shape index (κ2) is 7.56. The molecule has 1 saturated heterocycles. The first-order valence-corrected chi connectivity index (χ1v) is 9.87. The summed E-state index contributed by atoms with van der Waals surface area (Å²) in [5, 5.41) is 4.17. The molecule has 1 fully saturated rings. The molecule has 5 heteroatoms. The molecular formula is C20H26N2O2S. The van der Waals surface area contributed by atoms with E-state index in [4.69, 9.17) is 0 Å². The van der Waals surface area contributed by atoms with E-state index in [1.165, 1.54) is 0 Å². The van der Waals surface area contributed by atoms with Crippen LogP contribution in [0.2, 0.25) is 0 Å². The summed E-state index contributed by atoms with van der Waals surface area (Å²) < 4.78 is 1.14. The van der Waals surface area contributed by atoms with E-state index in [-0.39, 0.29) is 23.9 Å². The molecule has 134 valence electrons. The second-order valence-corrected chi connectivity index (χ2v) is 8.15. The van der Waals surface area contributed by atoms with Crippen molar-refractivity contribution < 1.29 is 9.59 Å². The summed E-state index contributed by atoms with van der Waals surface area (Å²) in [6.45, 7) is 6.43. The maximum absolute atomic E-state index is 12.7. The molecule has 2 heterocycles. The molecule has 25 heavy (non-hydrogen) atoms. The van der Waals surface area contributed by atoms with Gasteiger partial charge in [-0.25, -0.2) is 0 Å². The van der Waals surface area contributed by atoms with E-state index < -0.39 is 0 Å². The van der Waals surface area contributed by atoms with E-state index in [1.807, 2.05) is 30.9 Å². The number of piperidine rings is 1. The fourth-order valence-corrected chi connectivity index (χ4v) is 4.81. The third-order valence-electron chi connectivity index (χ3n) is 4.80. The van der Waals surface area contributed by atoms with Crippen LogP contribution in [0, 0.1) is 0 Å². The summed E-state index contributed by atoms with van der Waals surface area (Å²) in [6, 6.07) is 8.48. The van der Waals surface area contributed by atoms with Crippen molar-refractivity contribution in [2.24, 2.45) is 0 Å². The third-order valence-corrected chi connectivity index (χ3v) is 6.01. The number of hydrogen-bond donors (Lipinski definition) is 1. The van der Waals surface area contributed by atoms with Gasteiger partial charge in [0.05, 0.1) is 4.88 Å². The van der Waals surface area contributed by atoms with E-state index in [9.17, 15) is 9.59 Å². The van der Waals surface area contributed by atoms with Crippen molar-refractivity contribution in [3.8, 4) is 0 Å². The zero-order chi connectivity index (χ0) is 18.0. The molecule has 0 spiro atoms. The molecule has 1 aromatic heterocycles. The lowest BCUT2D eigenvalue weighted by Gasteiger charge is -2.35. The minimum atomic E-state index is -0.00335. The smallest absolute Gasteiger partial charge is 0.261 e. The number of nitrogens with one attached hydrogen (secondary N) is 1. The van der Waals surface area contributed by atoms with Crippen LogP contribution in [0.5, 0.6) is 0 Å². The first-order valence-electron chi connectivity index (χ1n) is 9.06. The fraction of sp³-hybridized carbons (Fsp3) is 0.500. The molecule has 4 nitrogen and oxygen atoms in total. The second-order valence-electron chi connectivity index (χ2n) is 7.10. The Kier molecular flexibility index (Phi) is 5.42. The van der Waals surface area contributed by atoms with Crippen molar-refractivity contribution in [3.63, 3.8) is 0 Å². The molecule has 0 radical (unpaired) electrons.